The van der Waals surface area contributed by atoms with Gasteiger partial charge in [-0.3, -0.25) is 4.79 Å². The van der Waals surface area contributed by atoms with E-state index in [2.05, 4.69) is 41.8 Å². The molecule has 3 heteroatoms. The van der Waals surface area contributed by atoms with Crippen molar-refractivity contribution in [2.45, 2.75) is 46.0 Å². The number of nitrogens with zero attached hydrogens (tertiary/aromatic N) is 2. The first-order valence-corrected chi connectivity index (χ1v) is 8.76. The van der Waals surface area contributed by atoms with Gasteiger partial charge in [-0.15, -0.1) is 0 Å². The minimum atomic E-state index is 0.307. The third-order valence-electron chi connectivity index (χ3n) is 5.40. The highest BCUT2D eigenvalue weighted by Gasteiger charge is 2.28. The second-order valence-electron chi connectivity index (χ2n) is 6.92. The zero-order valence-electron chi connectivity index (χ0n) is 14.0. The van der Waals surface area contributed by atoms with Crippen LogP contribution in [0, 0.1) is 19.8 Å². The Bertz CT molecular complexity index is 526. The van der Waals surface area contributed by atoms with Crippen LogP contribution < -0.4 is 4.90 Å². The predicted octanol–water partition coefficient (Wildman–Crippen LogP) is 3.53. The van der Waals surface area contributed by atoms with Gasteiger partial charge in [-0.2, -0.15) is 0 Å². The van der Waals surface area contributed by atoms with E-state index in [0.717, 1.165) is 39.0 Å². The quantitative estimate of drug-likeness (QED) is 0.834. The molecular weight excluding hydrogens is 272 g/mol. The van der Waals surface area contributed by atoms with E-state index in [-0.39, 0.29) is 0 Å². The zero-order chi connectivity index (χ0) is 15.5. The molecule has 1 aromatic carbocycles. The fraction of sp³-hybridized carbons (Fsp3) is 0.632. The normalized spacial score (nSPS) is 20.3. The van der Waals surface area contributed by atoms with Gasteiger partial charge in [-0.1, -0.05) is 25.3 Å². The van der Waals surface area contributed by atoms with E-state index < -0.39 is 0 Å². The van der Waals surface area contributed by atoms with Crippen molar-refractivity contribution in [1.29, 1.82) is 0 Å². The lowest BCUT2D eigenvalue weighted by molar-refractivity contribution is -0.136. The molecule has 1 heterocycles. The van der Waals surface area contributed by atoms with Gasteiger partial charge in [0.25, 0.3) is 0 Å². The van der Waals surface area contributed by atoms with Crippen LogP contribution in [-0.4, -0.2) is 37.0 Å². The fourth-order valence-electron chi connectivity index (χ4n) is 3.72. The Morgan fingerprint density at radius 2 is 1.64 bits per heavy atom. The maximum Gasteiger partial charge on any atom is 0.225 e. The Morgan fingerprint density at radius 1 is 0.955 bits per heavy atom. The molecule has 22 heavy (non-hydrogen) atoms. The van der Waals surface area contributed by atoms with E-state index in [4.69, 9.17) is 0 Å². The number of carbonyl (C=O) groups excluding carboxylic acids is 1. The van der Waals surface area contributed by atoms with Crippen molar-refractivity contribution in [3.63, 3.8) is 0 Å². The van der Waals surface area contributed by atoms with Gasteiger partial charge in [0.05, 0.1) is 0 Å². The van der Waals surface area contributed by atoms with Crippen LogP contribution in [0.25, 0.3) is 0 Å². The number of benzene rings is 1. The molecule has 0 spiro atoms. The largest absolute Gasteiger partial charge is 0.368 e. The van der Waals surface area contributed by atoms with Crippen LogP contribution in [0.5, 0.6) is 0 Å². The van der Waals surface area contributed by atoms with Gasteiger partial charge < -0.3 is 9.80 Å². The van der Waals surface area contributed by atoms with Crippen molar-refractivity contribution in [1.82, 2.24) is 4.90 Å². The Balaban J connectivity index is 1.57. The van der Waals surface area contributed by atoms with Gasteiger partial charge in [0.1, 0.15) is 0 Å². The van der Waals surface area contributed by atoms with Gasteiger partial charge in [-0.25, -0.2) is 0 Å². The molecule has 0 N–H and O–H groups in total. The first kappa shape index (κ1) is 15.4. The third kappa shape index (κ3) is 3.29. The Kier molecular flexibility index (Phi) is 4.70. The summed E-state index contributed by atoms with van der Waals surface area (Å²) < 4.78 is 0. The molecule has 2 fully saturated rings. The number of carbonyl (C=O) groups is 1. The van der Waals surface area contributed by atoms with Crippen LogP contribution in [0.1, 0.15) is 43.2 Å². The van der Waals surface area contributed by atoms with Crippen LogP contribution in [0.3, 0.4) is 0 Å². The summed E-state index contributed by atoms with van der Waals surface area (Å²) in [4.78, 5) is 17.1. The molecule has 0 aromatic heterocycles. The van der Waals surface area contributed by atoms with Crippen LogP contribution in [0.15, 0.2) is 18.2 Å². The number of hydrogen-bond donors (Lipinski definition) is 0. The minimum Gasteiger partial charge on any atom is -0.368 e. The first-order chi connectivity index (χ1) is 10.6. The van der Waals surface area contributed by atoms with E-state index in [1.807, 2.05) is 0 Å². The summed E-state index contributed by atoms with van der Waals surface area (Å²) in [5.74, 6) is 0.723. The number of hydrogen-bond acceptors (Lipinski definition) is 2. The summed E-state index contributed by atoms with van der Waals surface area (Å²) in [6.07, 6.45) is 5.99. The average molecular weight is 300 g/mol. The van der Waals surface area contributed by atoms with Crippen molar-refractivity contribution in [3.05, 3.63) is 29.3 Å². The highest BCUT2D eigenvalue weighted by atomic mass is 16.2. The molecule has 1 amide bonds. The van der Waals surface area contributed by atoms with Gasteiger partial charge in [0.15, 0.2) is 0 Å². The lowest BCUT2D eigenvalue weighted by Crippen LogP contribution is -2.50. The summed E-state index contributed by atoms with van der Waals surface area (Å²) in [7, 11) is 0. The Hall–Kier alpha value is -1.51. The second-order valence-corrected chi connectivity index (χ2v) is 6.92. The highest BCUT2D eigenvalue weighted by Crippen LogP contribution is 2.26. The van der Waals surface area contributed by atoms with Crippen molar-refractivity contribution in [2.75, 3.05) is 31.1 Å². The summed E-state index contributed by atoms with van der Waals surface area (Å²) in [5, 5.41) is 0. The lowest BCUT2D eigenvalue weighted by Gasteiger charge is -2.38. The molecule has 0 bridgehead atoms. The molecular formula is C19H28N2O. The smallest absolute Gasteiger partial charge is 0.225 e. The number of aryl methyl sites for hydroxylation is 2. The summed E-state index contributed by atoms with van der Waals surface area (Å²) in [6, 6.07) is 6.68. The first-order valence-electron chi connectivity index (χ1n) is 8.76. The standard InChI is InChI=1S/C19H28N2O/c1-15-8-9-18(14-16(15)2)20-10-12-21(13-11-20)19(22)17-6-4-3-5-7-17/h8-9,14,17H,3-7,10-13H2,1-2H3. The van der Waals surface area contributed by atoms with Gasteiger partial charge in [0, 0.05) is 37.8 Å². The molecule has 0 unspecified atom stereocenters. The van der Waals surface area contributed by atoms with Crippen molar-refractivity contribution in [2.24, 2.45) is 5.92 Å². The SMILES string of the molecule is Cc1ccc(N2CCN(C(=O)C3CCCCC3)CC2)cc1C. The average Bonchev–Trinajstić information content (AvgIpc) is 2.58. The fourth-order valence-corrected chi connectivity index (χ4v) is 3.72. The van der Waals surface area contributed by atoms with Gasteiger partial charge >= 0.3 is 0 Å². The molecule has 3 nitrogen and oxygen atoms in total. The molecule has 1 aliphatic heterocycles. The highest BCUT2D eigenvalue weighted by molar-refractivity contribution is 5.79. The third-order valence-corrected chi connectivity index (χ3v) is 5.40. The zero-order valence-corrected chi connectivity index (χ0v) is 14.0. The van der Waals surface area contributed by atoms with Crippen LogP contribution in [0.2, 0.25) is 0 Å². The summed E-state index contributed by atoms with van der Waals surface area (Å²) in [5.41, 5.74) is 3.99. The van der Waals surface area contributed by atoms with E-state index in [1.54, 1.807) is 0 Å². The number of rotatable bonds is 2. The molecule has 120 valence electrons. The molecule has 0 atom stereocenters. The molecule has 1 aliphatic carbocycles. The molecule has 2 aliphatic rings. The second kappa shape index (κ2) is 6.72. The summed E-state index contributed by atoms with van der Waals surface area (Å²) >= 11 is 0. The Morgan fingerprint density at radius 3 is 2.27 bits per heavy atom. The molecule has 0 radical (unpaired) electrons. The maximum absolute atomic E-state index is 12.6. The monoisotopic (exact) mass is 300 g/mol. The lowest BCUT2D eigenvalue weighted by atomic mass is 9.88. The Labute approximate surface area is 134 Å². The van der Waals surface area contributed by atoms with E-state index in [1.165, 1.54) is 36.1 Å². The van der Waals surface area contributed by atoms with Gasteiger partial charge in [0.2, 0.25) is 5.91 Å². The van der Waals surface area contributed by atoms with Crippen molar-refractivity contribution >= 4 is 11.6 Å². The predicted molar refractivity (Wildman–Crippen MR) is 91.3 cm³/mol. The van der Waals surface area contributed by atoms with Crippen molar-refractivity contribution in [3.8, 4) is 0 Å². The minimum absolute atomic E-state index is 0.307. The maximum atomic E-state index is 12.6. The number of piperazine rings is 1. The molecule has 1 saturated carbocycles. The topological polar surface area (TPSA) is 23.6 Å². The van der Waals surface area contributed by atoms with E-state index in [0.29, 0.717) is 11.8 Å². The van der Waals surface area contributed by atoms with E-state index in [9.17, 15) is 4.79 Å². The molecule has 1 saturated heterocycles. The number of amides is 1. The van der Waals surface area contributed by atoms with Crippen molar-refractivity contribution < 1.29 is 4.79 Å². The van der Waals surface area contributed by atoms with Crippen LogP contribution in [-0.2, 0) is 4.79 Å². The summed E-state index contributed by atoms with van der Waals surface area (Å²) in [6.45, 7) is 7.99. The molecule has 1 aromatic rings. The van der Waals surface area contributed by atoms with Crippen LogP contribution in [0.4, 0.5) is 5.69 Å². The molecule has 3 rings (SSSR count). The number of anilines is 1. The van der Waals surface area contributed by atoms with Crippen LogP contribution >= 0.6 is 0 Å². The van der Waals surface area contributed by atoms with E-state index >= 15 is 0 Å². The van der Waals surface area contributed by atoms with Gasteiger partial charge in [-0.05, 0) is 49.9 Å².